The fourth-order valence-corrected chi connectivity index (χ4v) is 5.18. The van der Waals surface area contributed by atoms with Crippen molar-refractivity contribution in [2.75, 3.05) is 6.61 Å². The fraction of sp³-hybridized carbons (Fsp3) is 0.320. The van der Waals surface area contributed by atoms with Crippen molar-refractivity contribution in [1.29, 1.82) is 0 Å². The number of benzene rings is 2. The highest BCUT2D eigenvalue weighted by molar-refractivity contribution is 7.99. The zero-order valence-corrected chi connectivity index (χ0v) is 19.5. The zero-order valence-electron chi connectivity index (χ0n) is 18.7. The number of fused-ring (bicyclic) bond motifs is 1. The Labute approximate surface area is 196 Å². The predicted octanol–water partition coefficient (Wildman–Crippen LogP) is 4.80. The summed E-state index contributed by atoms with van der Waals surface area (Å²) in [4.78, 5) is 33.4. The van der Waals surface area contributed by atoms with Crippen LogP contribution in [0, 0.1) is 0 Å². The maximum Gasteiger partial charge on any atom is 0.331 e. The number of aromatic hydroxyl groups is 1. The van der Waals surface area contributed by atoms with Crippen LogP contribution in [-0.4, -0.2) is 27.0 Å². The topological polar surface area (TPSA) is 96.7 Å². The smallest absolute Gasteiger partial charge is 0.331 e. The van der Waals surface area contributed by atoms with Gasteiger partial charge in [0.05, 0.1) is 18.0 Å². The van der Waals surface area contributed by atoms with Gasteiger partial charge in [0, 0.05) is 28.7 Å². The van der Waals surface area contributed by atoms with E-state index in [1.54, 1.807) is 11.8 Å². The van der Waals surface area contributed by atoms with Crippen molar-refractivity contribution in [1.82, 2.24) is 9.55 Å². The molecule has 172 valence electrons. The Bertz CT molecular complexity index is 1300. The Morgan fingerprint density at radius 3 is 2.70 bits per heavy atom. The molecule has 2 N–H and O–H groups in total. The van der Waals surface area contributed by atoms with Crippen LogP contribution in [0.3, 0.4) is 0 Å². The number of hydrogen-bond acceptors (Lipinski definition) is 6. The number of rotatable bonds is 7. The first-order chi connectivity index (χ1) is 16.0. The molecule has 0 fully saturated rings. The largest absolute Gasteiger partial charge is 0.494 e. The van der Waals surface area contributed by atoms with Gasteiger partial charge in [0.2, 0.25) is 5.88 Å². The summed E-state index contributed by atoms with van der Waals surface area (Å²) < 4.78 is 7.09. The van der Waals surface area contributed by atoms with Crippen LogP contribution in [0.1, 0.15) is 49.5 Å². The quantitative estimate of drug-likeness (QED) is 0.523. The summed E-state index contributed by atoms with van der Waals surface area (Å²) in [6, 6.07) is 15.6. The van der Waals surface area contributed by atoms with Crippen molar-refractivity contribution in [3.63, 3.8) is 0 Å². The molecule has 1 unspecified atom stereocenters. The maximum absolute atomic E-state index is 12.9. The number of aromatic nitrogens is 2. The fourth-order valence-electron chi connectivity index (χ4n) is 3.92. The summed E-state index contributed by atoms with van der Waals surface area (Å²) in [6.07, 6.45) is 1.93. The molecule has 1 aromatic heterocycles. The van der Waals surface area contributed by atoms with E-state index in [9.17, 15) is 14.7 Å². The van der Waals surface area contributed by atoms with Crippen LogP contribution in [0.15, 0.2) is 68.0 Å². The Hall–Kier alpha value is -3.26. The minimum atomic E-state index is -0.634. The number of nitrogens with one attached hydrogen (secondary N) is 1. The van der Waals surface area contributed by atoms with Gasteiger partial charge in [-0.2, -0.15) is 0 Å². The lowest BCUT2D eigenvalue weighted by Gasteiger charge is -2.20. The number of hydrogen-bond donors (Lipinski definition) is 2. The molecule has 0 saturated carbocycles. The molecular weight excluding hydrogens is 438 g/mol. The van der Waals surface area contributed by atoms with Crippen molar-refractivity contribution < 1.29 is 9.84 Å². The van der Waals surface area contributed by atoms with E-state index >= 15 is 0 Å². The lowest BCUT2D eigenvalue weighted by Crippen LogP contribution is -2.34. The summed E-state index contributed by atoms with van der Waals surface area (Å²) in [5.41, 5.74) is 0.944. The van der Waals surface area contributed by atoms with Gasteiger partial charge in [-0.1, -0.05) is 43.7 Å². The van der Waals surface area contributed by atoms with Gasteiger partial charge in [-0.25, -0.2) is 4.79 Å². The normalized spacial score (nSPS) is 15.5. The minimum Gasteiger partial charge on any atom is -0.494 e. The van der Waals surface area contributed by atoms with Crippen LogP contribution >= 0.6 is 11.8 Å². The first-order valence-corrected chi connectivity index (χ1v) is 12.0. The number of thioether (sulfide) groups is 1. The first kappa shape index (κ1) is 22.9. The van der Waals surface area contributed by atoms with Gasteiger partial charge >= 0.3 is 5.69 Å². The van der Waals surface area contributed by atoms with Gasteiger partial charge in [0.1, 0.15) is 11.3 Å². The Balaban J connectivity index is 1.88. The molecule has 1 aliphatic rings. The summed E-state index contributed by atoms with van der Waals surface area (Å²) in [5, 5.41) is 10.9. The Kier molecular flexibility index (Phi) is 7.03. The number of ether oxygens (including phenoxy) is 1. The van der Waals surface area contributed by atoms with Gasteiger partial charge in [-0.3, -0.25) is 19.3 Å². The van der Waals surface area contributed by atoms with Gasteiger partial charge in [-0.15, -0.1) is 11.8 Å². The molecule has 0 aliphatic carbocycles. The van der Waals surface area contributed by atoms with E-state index in [2.05, 4.69) is 4.98 Å². The molecule has 0 spiro atoms. The van der Waals surface area contributed by atoms with Crippen molar-refractivity contribution in [3.8, 4) is 11.6 Å². The first-order valence-electron chi connectivity index (χ1n) is 11.1. The third-order valence-electron chi connectivity index (χ3n) is 5.53. The lowest BCUT2D eigenvalue weighted by molar-refractivity contribution is 0.336. The van der Waals surface area contributed by atoms with Crippen LogP contribution in [0.5, 0.6) is 11.6 Å². The zero-order chi connectivity index (χ0) is 23.4. The lowest BCUT2D eigenvalue weighted by atomic mass is 10.0. The van der Waals surface area contributed by atoms with Gasteiger partial charge in [0.25, 0.3) is 5.56 Å². The standard InChI is InChI=1S/C25H27N3O4S/c1-3-5-14-28-24(30)22(23(29)27-25(28)31)18-15-21(16-10-6-8-12-19(16)32-4-2)33-20-13-9-7-11-17(20)26-18/h6-13,21,30H,3-5,14-15H2,1-2H3,(H,27,29,31). The molecule has 4 rings (SSSR count). The number of aromatic amines is 1. The number of H-pyrrole nitrogens is 1. The third-order valence-corrected chi connectivity index (χ3v) is 6.83. The van der Waals surface area contributed by atoms with E-state index in [0.717, 1.165) is 28.3 Å². The van der Waals surface area contributed by atoms with E-state index < -0.39 is 11.2 Å². The second-order valence-electron chi connectivity index (χ2n) is 7.77. The van der Waals surface area contributed by atoms with Crippen molar-refractivity contribution in [2.24, 2.45) is 4.99 Å². The van der Waals surface area contributed by atoms with E-state index in [0.29, 0.717) is 31.7 Å². The number of nitrogens with zero attached hydrogens (tertiary/aromatic N) is 2. The van der Waals surface area contributed by atoms with Gasteiger partial charge < -0.3 is 9.84 Å². The van der Waals surface area contributed by atoms with Crippen molar-refractivity contribution >= 4 is 23.2 Å². The summed E-state index contributed by atoms with van der Waals surface area (Å²) in [5.74, 6) is 0.444. The van der Waals surface area contributed by atoms with Crippen molar-refractivity contribution in [3.05, 3.63) is 80.5 Å². The summed E-state index contributed by atoms with van der Waals surface area (Å²) >= 11 is 1.65. The van der Waals surface area contributed by atoms with Crippen LogP contribution < -0.4 is 16.0 Å². The molecule has 0 saturated heterocycles. The van der Waals surface area contributed by atoms with Crippen LogP contribution in [0.4, 0.5) is 5.69 Å². The third kappa shape index (κ3) is 4.75. The second kappa shape index (κ2) is 10.1. The van der Waals surface area contributed by atoms with Crippen LogP contribution in [0.2, 0.25) is 0 Å². The molecule has 2 aromatic carbocycles. The van der Waals surface area contributed by atoms with Crippen molar-refractivity contribution in [2.45, 2.75) is 49.8 Å². The van der Waals surface area contributed by atoms with Crippen LogP contribution in [-0.2, 0) is 6.54 Å². The van der Waals surface area contributed by atoms with E-state index in [1.165, 1.54) is 4.57 Å². The highest BCUT2D eigenvalue weighted by atomic mass is 32.2. The second-order valence-corrected chi connectivity index (χ2v) is 9.02. The molecule has 1 aliphatic heterocycles. The summed E-state index contributed by atoms with van der Waals surface area (Å²) in [7, 11) is 0. The van der Waals surface area contributed by atoms with Crippen LogP contribution in [0.25, 0.3) is 0 Å². The number of unbranched alkanes of at least 4 members (excludes halogenated alkanes) is 1. The monoisotopic (exact) mass is 465 g/mol. The molecular formula is C25H27N3O4S. The summed E-state index contributed by atoms with van der Waals surface area (Å²) in [6.45, 7) is 4.80. The van der Waals surface area contributed by atoms with Gasteiger partial charge in [0.15, 0.2) is 0 Å². The molecule has 2 heterocycles. The van der Waals surface area contributed by atoms with Gasteiger partial charge in [-0.05, 0) is 31.5 Å². The highest BCUT2D eigenvalue weighted by Gasteiger charge is 2.28. The molecule has 0 amide bonds. The predicted molar refractivity (Wildman–Crippen MR) is 131 cm³/mol. The molecule has 0 radical (unpaired) electrons. The van der Waals surface area contributed by atoms with E-state index in [1.807, 2.05) is 62.4 Å². The minimum absolute atomic E-state index is 0.0434. The Morgan fingerprint density at radius 1 is 1.15 bits per heavy atom. The average molecular weight is 466 g/mol. The highest BCUT2D eigenvalue weighted by Crippen LogP contribution is 2.47. The SMILES string of the molecule is CCCCn1c(O)c(C2=Nc3ccccc3SC(c3ccccc3OCC)C2)c(=O)[nH]c1=O. The molecule has 8 heteroatoms. The number of para-hydroxylation sites is 2. The average Bonchev–Trinajstić information content (AvgIpc) is 2.99. The molecule has 3 aromatic rings. The molecule has 7 nitrogen and oxygen atoms in total. The maximum atomic E-state index is 12.9. The molecule has 0 bridgehead atoms. The molecule has 33 heavy (non-hydrogen) atoms. The van der Waals surface area contributed by atoms with E-state index in [-0.39, 0.29) is 16.7 Å². The molecule has 1 atom stereocenters. The van der Waals surface area contributed by atoms with E-state index in [4.69, 9.17) is 9.73 Å². The Morgan fingerprint density at radius 2 is 1.91 bits per heavy atom. The number of aliphatic imine (C=N–C) groups is 1.